The van der Waals surface area contributed by atoms with E-state index in [1.54, 1.807) is 12.1 Å². The van der Waals surface area contributed by atoms with Crippen molar-refractivity contribution >= 4 is 26.7 Å². The van der Waals surface area contributed by atoms with Gasteiger partial charge in [-0.25, -0.2) is 18.9 Å². The Balaban J connectivity index is 0.000000583. The van der Waals surface area contributed by atoms with E-state index >= 15 is 0 Å². The smallest absolute Gasteiger partial charge is 0.394 e. The number of nitrogens with one attached hydrogen (secondary N) is 1. The van der Waals surface area contributed by atoms with E-state index in [4.69, 9.17) is 43.6 Å². The second-order valence-corrected chi connectivity index (χ2v) is 9.58. The van der Waals surface area contributed by atoms with E-state index in [1.165, 1.54) is 4.57 Å². The molecule has 0 bridgehead atoms. The first-order chi connectivity index (χ1) is 16.7. The lowest BCUT2D eigenvalue weighted by Crippen LogP contribution is -2.42. The average molecular weight is 572 g/mol. The summed E-state index contributed by atoms with van der Waals surface area (Å²) in [5, 5.41) is 38.8. The number of aromatic nitrogens is 4. The Morgan fingerprint density at radius 2 is 1.38 bits per heavy atom. The predicted molar refractivity (Wildman–Crippen MR) is 124 cm³/mol. The zero-order chi connectivity index (χ0) is 28.9. The average Bonchev–Trinajstić information content (AvgIpc) is 2.72. The van der Waals surface area contributed by atoms with Crippen LogP contribution in [-0.4, -0.2) is 94.2 Å². The van der Waals surface area contributed by atoms with Crippen LogP contribution in [0.25, 0.3) is 22.6 Å². The van der Waals surface area contributed by atoms with Gasteiger partial charge in [0, 0.05) is 0 Å². The molecule has 0 aliphatic carbocycles. The van der Waals surface area contributed by atoms with E-state index < -0.39 is 51.8 Å². The number of rotatable bonds is 5. The highest BCUT2D eigenvalue weighted by molar-refractivity contribution is 7.45. The van der Waals surface area contributed by atoms with Crippen LogP contribution in [0.4, 0.5) is 0 Å². The minimum Gasteiger partial charge on any atom is -0.394 e. The largest absolute Gasteiger partial charge is 0.466 e. The van der Waals surface area contributed by atoms with Gasteiger partial charge in [0.1, 0.15) is 18.3 Å². The minimum absolute atomic E-state index is 0.0516. The van der Waals surface area contributed by atoms with Crippen LogP contribution in [0.2, 0.25) is 0 Å². The minimum atomic E-state index is -4.64. The first kappa shape index (κ1) is 32.6. The van der Waals surface area contributed by atoms with Crippen LogP contribution < -0.4 is 11.2 Å². The summed E-state index contributed by atoms with van der Waals surface area (Å²) in [5.74, 6) is -0.0516. The SMILES string of the molecule is Cc1cc2nc3c(=O)[nH]c(=O)nc-3n(C[C@H](O)[C@H](O)[C@H](O)CO)c2cc1C.O=P(O)(O)O.O=P(O)(O)O. The van der Waals surface area contributed by atoms with Gasteiger partial charge >= 0.3 is 21.3 Å². The van der Waals surface area contributed by atoms with Crippen LogP contribution in [0.1, 0.15) is 11.1 Å². The normalized spacial score (nSPS) is 14.3. The lowest BCUT2D eigenvalue weighted by molar-refractivity contribution is -0.0802. The molecule has 1 aromatic rings. The number of aromatic amines is 1. The summed E-state index contributed by atoms with van der Waals surface area (Å²) in [6, 6.07) is 3.53. The predicted octanol–water partition coefficient (Wildman–Crippen LogP) is -3.58. The van der Waals surface area contributed by atoms with Gasteiger partial charge in [-0.15, -0.1) is 0 Å². The fraction of sp³-hybridized carbons (Fsp3) is 0.412. The number of hydrogen-bond acceptors (Lipinski definition) is 10. The molecule has 2 heterocycles. The van der Waals surface area contributed by atoms with Crippen molar-refractivity contribution in [3.63, 3.8) is 0 Å². The van der Waals surface area contributed by atoms with Gasteiger partial charge in [0.05, 0.1) is 24.2 Å². The Morgan fingerprint density at radius 1 is 0.892 bits per heavy atom. The third-order valence-corrected chi connectivity index (χ3v) is 4.57. The Bertz CT molecular complexity index is 1360. The second kappa shape index (κ2) is 12.9. The van der Waals surface area contributed by atoms with E-state index in [9.17, 15) is 24.9 Å². The Kier molecular flexibility index (Phi) is 11.3. The number of benzene rings is 1. The maximum Gasteiger partial charge on any atom is 0.466 e. The number of nitrogens with zero attached hydrogens (tertiary/aromatic N) is 3. The molecule has 1 aromatic carbocycles. The Morgan fingerprint density at radius 3 is 1.86 bits per heavy atom. The maximum atomic E-state index is 12.2. The molecular weight excluding hydrogens is 546 g/mol. The lowest BCUT2D eigenvalue weighted by atomic mass is 10.1. The zero-order valence-corrected chi connectivity index (χ0v) is 20.9. The van der Waals surface area contributed by atoms with Gasteiger partial charge in [-0.05, 0) is 37.1 Å². The van der Waals surface area contributed by atoms with Crippen LogP contribution in [-0.2, 0) is 15.7 Å². The Hall–Kier alpha value is -2.44. The molecule has 0 saturated carbocycles. The number of phosphoric acid groups is 2. The molecule has 3 rings (SSSR count). The molecule has 18 nitrogen and oxygen atoms in total. The number of fused-ring (bicyclic) bond motifs is 2. The number of hydrogen-bond donors (Lipinski definition) is 11. The number of aliphatic hydroxyl groups excluding tert-OH is 4. The molecule has 2 aliphatic rings. The summed E-state index contributed by atoms with van der Waals surface area (Å²) in [6.45, 7) is 2.73. The molecule has 0 radical (unpaired) electrons. The van der Waals surface area contributed by atoms with Crippen LogP contribution in [0.5, 0.6) is 0 Å². The molecule has 20 heteroatoms. The molecule has 0 amide bonds. The van der Waals surface area contributed by atoms with Crippen molar-refractivity contribution in [1.82, 2.24) is 19.5 Å². The van der Waals surface area contributed by atoms with Crippen molar-refractivity contribution < 1.29 is 58.9 Å². The highest BCUT2D eigenvalue weighted by atomic mass is 31.2. The topological polar surface area (TPSA) is 317 Å². The summed E-state index contributed by atoms with van der Waals surface area (Å²) in [7, 11) is -9.28. The summed E-state index contributed by atoms with van der Waals surface area (Å²) >= 11 is 0. The highest BCUT2D eigenvalue weighted by Crippen LogP contribution is 2.26. The third-order valence-electron chi connectivity index (χ3n) is 4.57. The van der Waals surface area contributed by atoms with Crippen molar-refractivity contribution in [3.8, 4) is 11.5 Å². The molecule has 0 aromatic heterocycles. The Labute approximate surface area is 206 Å². The van der Waals surface area contributed by atoms with Gasteiger partial charge in [-0.3, -0.25) is 9.78 Å². The van der Waals surface area contributed by atoms with Gasteiger partial charge in [0.25, 0.3) is 5.56 Å². The number of aryl methyl sites for hydroxylation is 2. The summed E-state index contributed by atoms with van der Waals surface area (Å²) in [4.78, 5) is 77.1. The highest BCUT2D eigenvalue weighted by Gasteiger charge is 2.27. The van der Waals surface area contributed by atoms with Gasteiger partial charge < -0.3 is 54.4 Å². The van der Waals surface area contributed by atoms with E-state index in [2.05, 4.69) is 15.0 Å². The van der Waals surface area contributed by atoms with Crippen LogP contribution in [0, 0.1) is 13.8 Å². The van der Waals surface area contributed by atoms with Gasteiger partial charge in [0.15, 0.2) is 11.5 Å². The molecule has 2 aliphatic heterocycles. The molecule has 0 fully saturated rings. The van der Waals surface area contributed by atoms with Gasteiger partial charge in [-0.2, -0.15) is 4.98 Å². The number of aliphatic hydroxyl groups is 4. The van der Waals surface area contributed by atoms with E-state index in [0.717, 1.165) is 11.1 Å². The van der Waals surface area contributed by atoms with Crippen LogP contribution in [0.15, 0.2) is 21.7 Å². The molecule has 208 valence electrons. The van der Waals surface area contributed by atoms with Gasteiger partial charge in [0.2, 0.25) is 0 Å². The second-order valence-electron chi connectivity index (χ2n) is 7.53. The molecular formula is C17H26N4O14P2. The summed E-state index contributed by atoms with van der Waals surface area (Å²) in [5.41, 5.74) is 1.11. The van der Waals surface area contributed by atoms with Crippen molar-refractivity contribution in [2.45, 2.75) is 38.7 Å². The van der Waals surface area contributed by atoms with E-state index in [1.807, 2.05) is 13.8 Å². The standard InChI is InChI=1S/C17H20N4O6.2H3O4P/c1-7-3-9-10(4-8(7)2)21(5-11(23)14(25)12(24)6-22)15-13(18-9)16(26)20-17(27)19-15;2*1-5(2,3)4/h3-4,11-12,14,22-25H,5-6H2,1-2H3,(H,20,26,27);2*(H3,1,2,3,4)/t11-,12+,14-;;/m0../s1. The first-order valence-electron chi connectivity index (χ1n) is 9.86. The zero-order valence-electron chi connectivity index (χ0n) is 19.1. The van der Waals surface area contributed by atoms with Crippen molar-refractivity contribution in [2.24, 2.45) is 0 Å². The van der Waals surface area contributed by atoms with E-state index in [-0.39, 0.29) is 18.1 Å². The lowest BCUT2D eigenvalue weighted by Gasteiger charge is -2.25. The van der Waals surface area contributed by atoms with E-state index in [0.29, 0.717) is 11.0 Å². The molecule has 37 heavy (non-hydrogen) atoms. The van der Waals surface area contributed by atoms with Crippen molar-refractivity contribution in [1.29, 1.82) is 0 Å². The fourth-order valence-electron chi connectivity index (χ4n) is 2.89. The first-order valence-corrected chi connectivity index (χ1v) is 13.0. The summed E-state index contributed by atoms with van der Waals surface area (Å²) < 4.78 is 19.2. The molecule has 0 saturated heterocycles. The fourth-order valence-corrected chi connectivity index (χ4v) is 2.89. The molecule has 0 spiro atoms. The maximum absolute atomic E-state index is 12.2. The molecule has 0 unspecified atom stereocenters. The van der Waals surface area contributed by atoms with Crippen molar-refractivity contribution in [3.05, 3.63) is 44.1 Å². The van der Waals surface area contributed by atoms with Crippen molar-refractivity contribution in [2.75, 3.05) is 6.61 Å². The van der Waals surface area contributed by atoms with Gasteiger partial charge in [-0.1, -0.05) is 0 Å². The van der Waals surface area contributed by atoms with Crippen LogP contribution >= 0.6 is 15.6 Å². The monoisotopic (exact) mass is 572 g/mol. The number of H-pyrrole nitrogens is 1. The summed E-state index contributed by atoms with van der Waals surface area (Å²) in [6.07, 6.45) is -4.68. The third kappa shape index (κ3) is 10.8. The molecule has 11 N–H and O–H groups in total. The van der Waals surface area contributed by atoms with Crippen LogP contribution in [0.3, 0.4) is 0 Å². The quantitative estimate of drug-likeness (QED) is 0.104. The molecule has 3 atom stereocenters.